The van der Waals surface area contributed by atoms with Crippen molar-refractivity contribution in [2.24, 2.45) is 11.3 Å². The Morgan fingerprint density at radius 3 is 2.50 bits per heavy atom. The van der Waals surface area contributed by atoms with Crippen LogP contribution in [0.2, 0.25) is 0 Å². The maximum Gasteiger partial charge on any atom is 0.0656 e. The van der Waals surface area contributed by atoms with E-state index in [-0.39, 0.29) is 0 Å². The molecule has 0 aromatic heterocycles. The highest BCUT2D eigenvalue weighted by Gasteiger charge is 2.49. The minimum atomic E-state index is -0.436. The Morgan fingerprint density at radius 2 is 1.88 bits per heavy atom. The quantitative estimate of drug-likeness (QED) is 0.613. The monoisotopic (exact) mass is 222 g/mol. The zero-order valence-electron chi connectivity index (χ0n) is 11.3. The predicted molar refractivity (Wildman–Crippen MR) is 68.3 cm³/mol. The van der Waals surface area contributed by atoms with Gasteiger partial charge in [-0.2, -0.15) is 0 Å². The van der Waals surface area contributed by atoms with Crippen LogP contribution >= 0.6 is 0 Å². The molecule has 2 aliphatic carbocycles. The Bertz CT molecular complexity index is 309. The molecule has 2 rings (SSSR count). The highest BCUT2D eigenvalue weighted by Crippen LogP contribution is 2.55. The molecule has 0 heterocycles. The van der Waals surface area contributed by atoms with Crippen LogP contribution in [-0.4, -0.2) is 10.7 Å². The van der Waals surface area contributed by atoms with Gasteiger partial charge in [0.1, 0.15) is 0 Å². The van der Waals surface area contributed by atoms with E-state index >= 15 is 0 Å². The fourth-order valence-electron chi connectivity index (χ4n) is 3.95. The second kappa shape index (κ2) is 3.87. The molecule has 0 aromatic carbocycles. The van der Waals surface area contributed by atoms with Gasteiger partial charge in [-0.3, -0.25) is 0 Å². The van der Waals surface area contributed by atoms with E-state index in [0.717, 1.165) is 12.8 Å². The normalized spacial score (nSPS) is 44.1. The van der Waals surface area contributed by atoms with Crippen molar-refractivity contribution in [2.45, 2.75) is 71.8 Å². The summed E-state index contributed by atoms with van der Waals surface area (Å²) in [6.07, 6.45) is 7.16. The predicted octanol–water partition coefficient (Wildman–Crippen LogP) is 4.06. The first-order valence-electron chi connectivity index (χ1n) is 6.73. The standard InChI is InChI=1S/C15H26O/c1-11(2)12-6-9-14(3)7-5-8-15(4,16)13(14)10-12/h13,16H,5-10H2,1-4H3/t13-,14+,15+/m1/s1. The van der Waals surface area contributed by atoms with Crippen LogP contribution in [0.5, 0.6) is 0 Å². The van der Waals surface area contributed by atoms with Crippen molar-refractivity contribution in [3.05, 3.63) is 11.1 Å². The minimum Gasteiger partial charge on any atom is -0.390 e. The molecular weight excluding hydrogens is 196 g/mol. The van der Waals surface area contributed by atoms with Gasteiger partial charge in [-0.05, 0) is 64.2 Å². The molecule has 0 saturated heterocycles. The van der Waals surface area contributed by atoms with Gasteiger partial charge in [-0.25, -0.2) is 0 Å². The number of allylic oxidation sites excluding steroid dienone is 2. The molecule has 16 heavy (non-hydrogen) atoms. The third-order valence-corrected chi connectivity index (χ3v) is 5.18. The Kier molecular flexibility index (Phi) is 2.94. The maximum absolute atomic E-state index is 10.6. The summed E-state index contributed by atoms with van der Waals surface area (Å²) in [6, 6.07) is 0. The Hall–Kier alpha value is -0.300. The molecule has 2 fully saturated rings. The molecule has 0 radical (unpaired) electrons. The number of hydrogen-bond acceptors (Lipinski definition) is 1. The fourth-order valence-corrected chi connectivity index (χ4v) is 3.95. The molecule has 3 atom stereocenters. The maximum atomic E-state index is 10.6. The van der Waals surface area contributed by atoms with Crippen LogP contribution in [-0.2, 0) is 0 Å². The number of aliphatic hydroxyl groups is 1. The summed E-state index contributed by atoms with van der Waals surface area (Å²) in [4.78, 5) is 0. The van der Waals surface area contributed by atoms with Gasteiger partial charge in [0.15, 0.2) is 0 Å². The average Bonchev–Trinajstić information content (AvgIpc) is 2.15. The lowest BCUT2D eigenvalue weighted by atomic mass is 9.54. The zero-order valence-corrected chi connectivity index (χ0v) is 11.3. The van der Waals surface area contributed by atoms with Crippen molar-refractivity contribution >= 4 is 0 Å². The molecule has 0 aliphatic heterocycles. The second-order valence-corrected chi connectivity index (χ2v) is 6.73. The van der Waals surface area contributed by atoms with Crippen molar-refractivity contribution < 1.29 is 5.11 Å². The van der Waals surface area contributed by atoms with Gasteiger partial charge >= 0.3 is 0 Å². The van der Waals surface area contributed by atoms with E-state index in [9.17, 15) is 5.11 Å². The minimum absolute atomic E-state index is 0.390. The van der Waals surface area contributed by atoms with Gasteiger partial charge in [0.25, 0.3) is 0 Å². The molecule has 1 N–H and O–H groups in total. The Balaban J connectivity index is 2.28. The van der Waals surface area contributed by atoms with Crippen molar-refractivity contribution in [3.8, 4) is 0 Å². The van der Waals surface area contributed by atoms with Gasteiger partial charge in [-0.1, -0.05) is 24.5 Å². The number of fused-ring (bicyclic) bond motifs is 1. The third kappa shape index (κ3) is 1.95. The first kappa shape index (κ1) is 12.2. The molecule has 0 bridgehead atoms. The van der Waals surface area contributed by atoms with E-state index in [0.29, 0.717) is 11.3 Å². The van der Waals surface area contributed by atoms with E-state index < -0.39 is 5.60 Å². The molecule has 92 valence electrons. The summed E-state index contributed by atoms with van der Waals surface area (Å²) in [5.74, 6) is 0.479. The third-order valence-electron chi connectivity index (χ3n) is 5.18. The number of hydrogen-bond donors (Lipinski definition) is 1. The van der Waals surface area contributed by atoms with E-state index in [1.807, 2.05) is 0 Å². The summed E-state index contributed by atoms with van der Waals surface area (Å²) in [5.41, 5.74) is 3.03. The van der Waals surface area contributed by atoms with Crippen LogP contribution < -0.4 is 0 Å². The molecule has 2 saturated carbocycles. The highest BCUT2D eigenvalue weighted by molar-refractivity contribution is 5.18. The Morgan fingerprint density at radius 1 is 1.19 bits per heavy atom. The lowest BCUT2D eigenvalue weighted by molar-refractivity contribution is -0.105. The Labute approximate surface area is 99.9 Å². The SMILES string of the molecule is CC(C)=C1CC[C@]2(C)CCC[C@](C)(O)[C@@H]2C1. The van der Waals surface area contributed by atoms with E-state index in [2.05, 4.69) is 27.7 Å². The van der Waals surface area contributed by atoms with Crippen LogP contribution in [0, 0.1) is 11.3 Å². The molecule has 2 aliphatic rings. The molecular formula is C15H26O. The first-order chi connectivity index (χ1) is 7.35. The lowest BCUT2D eigenvalue weighted by Crippen LogP contribution is -2.50. The molecule has 1 nitrogen and oxygen atoms in total. The molecule has 0 spiro atoms. The van der Waals surface area contributed by atoms with Crippen molar-refractivity contribution in [1.29, 1.82) is 0 Å². The van der Waals surface area contributed by atoms with Crippen molar-refractivity contribution in [3.63, 3.8) is 0 Å². The van der Waals surface area contributed by atoms with Gasteiger partial charge in [0.05, 0.1) is 5.60 Å². The summed E-state index contributed by atoms with van der Waals surface area (Å²) in [6.45, 7) is 8.89. The van der Waals surface area contributed by atoms with E-state index in [1.165, 1.54) is 31.3 Å². The molecule has 1 heteroatoms. The summed E-state index contributed by atoms with van der Waals surface area (Å²) in [7, 11) is 0. The lowest BCUT2D eigenvalue weighted by Gasteiger charge is -2.53. The van der Waals surface area contributed by atoms with Crippen LogP contribution in [0.15, 0.2) is 11.1 Å². The van der Waals surface area contributed by atoms with Crippen LogP contribution in [0.1, 0.15) is 66.2 Å². The molecule has 0 amide bonds. The summed E-state index contributed by atoms with van der Waals surface area (Å²) >= 11 is 0. The van der Waals surface area contributed by atoms with Crippen molar-refractivity contribution in [1.82, 2.24) is 0 Å². The van der Waals surface area contributed by atoms with Gasteiger partial charge in [0.2, 0.25) is 0 Å². The van der Waals surface area contributed by atoms with Gasteiger partial charge in [0, 0.05) is 0 Å². The molecule has 0 unspecified atom stereocenters. The van der Waals surface area contributed by atoms with Crippen LogP contribution in [0.3, 0.4) is 0 Å². The topological polar surface area (TPSA) is 20.2 Å². The average molecular weight is 222 g/mol. The summed E-state index contributed by atoms with van der Waals surface area (Å²) in [5, 5.41) is 10.6. The van der Waals surface area contributed by atoms with E-state index in [1.54, 1.807) is 5.57 Å². The van der Waals surface area contributed by atoms with Crippen LogP contribution in [0.4, 0.5) is 0 Å². The van der Waals surface area contributed by atoms with Crippen molar-refractivity contribution in [2.75, 3.05) is 0 Å². The second-order valence-electron chi connectivity index (χ2n) is 6.73. The first-order valence-corrected chi connectivity index (χ1v) is 6.73. The summed E-state index contributed by atoms with van der Waals surface area (Å²) < 4.78 is 0. The smallest absolute Gasteiger partial charge is 0.0656 e. The highest BCUT2D eigenvalue weighted by atomic mass is 16.3. The van der Waals surface area contributed by atoms with Gasteiger partial charge in [-0.15, -0.1) is 0 Å². The largest absolute Gasteiger partial charge is 0.390 e. The molecule has 0 aromatic rings. The fraction of sp³-hybridized carbons (Fsp3) is 0.867. The zero-order chi connectivity index (χ0) is 12.0. The van der Waals surface area contributed by atoms with Gasteiger partial charge < -0.3 is 5.11 Å². The number of rotatable bonds is 0. The van der Waals surface area contributed by atoms with E-state index in [4.69, 9.17) is 0 Å². The van der Waals surface area contributed by atoms with Crippen LogP contribution in [0.25, 0.3) is 0 Å².